The van der Waals surface area contributed by atoms with Crippen LogP contribution in [0.5, 0.6) is 0 Å². The number of hydrogen-bond donors (Lipinski definition) is 1. The number of carboxylic acids is 1. The van der Waals surface area contributed by atoms with Gasteiger partial charge in [-0.15, -0.1) is 0 Å². The Labute approximate surface area is 101 Å². The number of hydrogen-bond acceptors (Lipinski definition) is 4. The van der Waals surface area contributed by atoms with Crippen molar-refractivity contribution in [3.63, 3.8) is 0 Å². The van der Waals surface area contributed by atoms with Gasteiger partial charge in [0, 0.05) is 11.1 Å². The van der Waals surface area contributed by atoms with Gasteiger partial charge in [-0.2, -0.15) is 5.26 Å². The average molecular weight is 253 g/mol. The highest BCUT2D eigenvalue weighted by molar-refractivity contribution is 6.30. The van der Waals surface area contributed by atoms with Gasteiger partial charge in [0.1, 0.15) is 11.6 Å². The lowest BCUT2D eigenvalue weighted by Crippen LogP contribution is -1.98. The summed E-state index contributed by atoms with van der Waals surface area (Å²) in [6.45, 7) is 0. The number of nitro groups is 1. The lowest BCUT2D eigenvalue weighted by atomic mass is 10.1. The smallest absolute Gasteiger partial charge is 0.346 e. The molecule has 0 fully saturated rings. The van der Waals surface area contributed by atoms with E-state index in [2.05, 4.69) is 0 Å². The third kappa shape index (κ3) is 3.03. The van der Waals surface area contributed by atoms with Crippen LogP contribution in [0.15, 0.2) is 23.8 Å². The predicted molar refractivity (Wildman–Crippen MR) is 59.3 cm³/mol. The van der Waals surface area contributed by atoms with Crippen molar-refractivity contribution in [2.45, 2.75) is 0 Å². The molecule has 0 heterocycles. The molecule has 0 radical (unpaired) electrons. The van der Waals surface area contributed by atoms with Gasteiger partial charge in [-0.1, -0.05) is 11.6 Å². The molecule has 0 aliphatic carbocycles. The monoisotopic (exact) mass is 252 g/mol. The molecule has 0 aliphatic heterocycles. The summed E-state index contributed by atoms with van der Waals surface area (Å²) in [5, 5.41) is 28.0. The maximum atomic E-state index is 10.7. The number of carboxylic acid groups (broad SMARTS) is 1. The van der Waals surface area contributed by atoms with E-state index in [1.165, 1.54) is 18.2 Å². The van der Waals surface area contributed by atoms with Gasteiger partial charge in [0.2, 0.25) is 0 Å². The van der Waals surface area contributed by atoms with Crippen molar-refractivity contribution in [3.8, 4) is 6.07 Å². The summed E-state index contributed by atoms with van der Waals surface area (Å²) < 4.78 is 0. The zero-order valence-electron chi connectivity index (χ0n) is 8.25. The van der Waals surface area contributed by atoms with E-state index in [1.54, 1.807) is 0 Å². The molecule has 0 saturated carbocycles. The zero-order chi connectivity index (χ0) is 13.0. The van der Waals surface area contributed by atoms with Crippen molar-refractivity contribution < 1.29 is 14.8 Å². The SMILES string of the molecule is N#C/C(=C\c1ccc(Cl)cc1[N+](=O)[O-])C(=O)O. The van der Waals surface area contributed by atoms with E-state index in [-0.39, 0.29) is 16.3 Å². The summed E-state index contributed by atoms with van der Waals surface area (Å²) in [5.74, 6) is -1.45. The summed E-state index contributed by atoms with van der Waals surface area (Å²) in [4.78, 5) is 20.6. The summed E-state index contributed by atoms with van der Waals surface area (Å²) in [5.41, 5.74) is -0.930. The molecular formula is C10H5ClN2O4. The second kappa shape index (κ2) is 5.09. The van der Waals surface area contributed by atoms with E-state index in [4.69, 9.17) is 22.0 Å². The Balaban J connectivity index is 3.38. The molecule has 1 aromatic carbocycles. The van der Waals surface area contributed by atoms with Gasteiger partial charge in [-0.05, 0) is 18.2 Å². The summed E-state index contributed by atoms with van der Waals surface area (Å²) >= 11 is 5.59. The maximum absolute atomic E-state index is 10.7. The molecule has 0 aliphatic rings. The molecule has 86 valence electrons. The average Bonchev–Trinajstić information content (AvgIpc) is 2.26. The fourth-order valence-corrected chi connectivity index (χ4v) is 1.26. The van der Waals surface area contributed by atoms with Gasteiger partial charge in [0.05, 0.1) is 10.5 Å². The van der Waals surface area contributed by atoms with Crippen molar-refractivity contribution in [2.75, 3.05) is 0 Å². The van der Waals surface area contributed by atoms with Crippen LogP contribution in [0.1, 0.15) is 5.56 Å². The van der Waals surface area contributed by atoms with E-state index in [0.717, 1.165) is 12.1 Å². The highest BCUT2D eigenvalue weighted by Gasteiger charge is 2.15. The van der Waals surface area contributed by atoms with Gasteiger partial charge in [-0.3, -0.25) is 10.1 Å². The topological polar surface area (TPSA) is 104 Å². The van der Waals surface area contributed by atoms with Crippen LogP contribution in [0.4, 0.5) is 5.69 Å². The van der Waals surface area contributed by atoms with Crippen LogP contribution >= 0.6 is 11.6 Å². The highest BCUT2D eigenvalue weighted by Crippen LogP contribution is 2.25. The summed E-state index contributed by atoms with van der Waals surface area (Å²) in [6, 6.07) is 5.18. The molecule has 0 bridgehead atoms. The molecule has 7 heteroatoms. The number of aliphatic carboxylic acids is 1. The minimum absolute atomic E-state index is 0.0124. The molecule has 0 aromatic heterocycles. The standard InChI is InChI=1S/C10H5ClN2O4/c11-8-2-1-6(9(4-8)13(16)17)3-7(5-12)10(14)15/h1-4H,(H,14,15)/b7-3+. The van der Waals surface area contributed by atoms with E-state index < -0.39 is 16.5 Å². The lowest BCUT2D eigenvalue weighted by molar-refractivity contribution is -0.385. The molecule has 0 atom stereocenters. The van der Waals surface area contributed by atoms with Crippen molar-refractivity contribution in [2.24, 2.45) is 0 Å². The fraction of sp³-hybridized carbons (Fsp3) is 0. The Morgan fingerprint density at radius 1 is 1.59 bits per heavy atom. The van der Waals surface area contributed by atoms with Gasteiger partial charge in [0.15, 0.2) is 0 Å². The second-order valence-corrected chi connectivity index (χ2v) is 3.37. The Hall–Kier alpha value is -2.39. The van der Waals surface area contributed by atoms with Gasteiger partial charge in [-0.25, -0.2) is 4.79 Å². The third-order valence-corrected chi connectivity index (χ3v) is 2.07. The largest absolute Gasteiger partial charge is 0.477 e. The number of nitro benzene ring substituents is 1. The lowest BCUT2D eigenvalue weighted by Gasteiger charge is -1.98. The van der Waals surface area contributed by atoms with E-state index in [9.17, 15) is 14.9 Å². The van der Waals surface area contributed by atoms with Crippen LogP contribution in [0, 0.1) is 21.4 Å². The number of nitrogens with zero attached hydrogens (tertiary/aromatic N) is 2. The molecule has 1 rings (SSSR count). The normalized spacial score (nSPS) is 10.7. The molecule has 0 spiro atoms. The minimum atomic E-state index is -1.45. The van der Waals surface area contributed by atoms with Crippen LogP contribution in [-0.2, 0) is 4.79 Å². The van der Waals surface area contributed by atoms with Crippen molar-refractivity contribution in [1.82, 2.24) is 0 Å². The minimum Gasteiger partial charge on any atom is -0.477 e. The van der Waals surface area contributed by atoms with Crippen molar-refractivity contribution >= 4 is 29.3 Å². The number of benzene rings is 1. The Bertz CT molecular complexity index is 560. The van der Waals surface area contributed by atoms with E-state index in [0.29, 0.717) is 0 Å². The van der Waals surface area contributed by atoms with Gasteiger partial charge >= 0.3 is 5.97 Å². The Morgan fingerprint density at radius 3 is 2.71 bits per heavy atom. The first-order chi connectivity index (χ1) is 7.95. The molecule has 1 N–H and O–H groups in total. The van der Waals surface area contributed by atoms with Crippen molar-refractivity contribution in [1.29, 1.82) is 5.26 Å². The first-order valence-corrected chi connectivity index (χ1v) is 4.62. The number of rotatable bonds is 3. The molecule has 0 saturated heterocycles. The van der Waals surface area contributed by atoms with Gasteiger partial charge in [0.25, 0.3) is 5.69 Å². The first kappa shape index (κ1) is 12.7. The zero-order valence-corrected chi connectivity index (χ0v) is 9.01. The van der Waals surface area contributed by atoms with E-state index >= 15 is 0 Å². The summed E-state index contributed by atoms with van der Waals surface area (Å²) in [7, 11) is 0. The third-order valence-electron chi connectivity index (χ3n) is 1.84. The van der Waals surface area contributed by atoms with Gasteiger partial charge < -0.3 is 5.11 Å². The highest BCUT2D eigenvalue weighted by atomic mass is 35.5. The Morgan fingerprint density at radius 2 is 2.24 bits per heavy atom. The van der Waals surface area contributed by atoms with Crippen LogP contribution in [0.25, 0.3) is 6.08 Å². The summed E-state index contributed by atoms with van der Waals surface area (Å²) in [6.07, 6.45) is 0.927. The first-order valence-electron chi connectivity index (χ1n) is 4.24. The number of halogens is 1. The fourth-order valence-electron chi connectivity index (χ4n) is 1.09. The number of nitriles is 1. The van der Waals surface area contributed by atoms with E-state index in [1.807, 2.05) is 0 Å². The van der Waals surface area contributed by atoms with Crippen molar-refractivity contribution in [3.05, 3.63) is 44.5 Å². The molecule has 0 amide bonds. The predicted octanol–water partition coefficient (Wildman–Crippen LogP) is 2.24. The molecule has 17 heavy (non-hydrogen) atoms. The van der Waals surface area contributed by atoms with Crippen LogP contribution in [0.3, 0.4) is 0 Å². The Kier molecular flexibility index (Phi) is 3.80. The van der Waals surface area contributed by atoms with Crippen LogP contribution in [0.2, 0.25) is 5.02 Å². The molecule has 0 unspecified atom stereocenters. The van der Waals surface area contributed by atoms with Crippen LogP contribution < -0.4 is 0 Å². The number of carbonyl (C=O) groups is 1. The molecule has 1 aromatic rings. The maximum Gasteiger partial charge on any atom is 0.346 e. The van der Waals surface area contributed by atoms with Crippen LogP contribution in [-0.4, -0.2) is 16.0 Å². The quantitative estimate of drug-likeness (QED) is 0.384. The molecular weight excluding hydrogens is 248 g/mol. The molecule has 6 nitrogen and oxygen atoms in total. The second-order valence-electron chi connectivity index (χ2n) is 2.94.